The summed E-state index contributed by atoms with van der Waals surface area (Å²) in [5, 5.41) is 4.49. The standard InChI is InChI=1S/C19H23N3O5S/c1-12-10-14(13(2)27-12)18(24)22-7-5-21(6-8-22)11-16(23)20-15-4-9-28-17(15)19(25)26-3/h4,9-10H,5-8,11H2,1-3H3,(H,20,23). The molecule has 2 aromatic rings. The average molecular weight is 405 g/mol. The second kappa shape index (κ2) is 8.57. The van der Waals surface area contributed by atoms with Gasteiger partial charge in [0, 0.05) is 26.2 Å². The van der Waals surface area contributed by atoms with Crippen LogP contribution in [0, 0.1) is 13.8 Å². The van der Waals surface area contributed by atoms with Crippen molar-refractivity contribution in [3.05, 3.63) is 39.5 Å². The van der Waals surface area contributed by atoms with Crippen LogP contribution < -0.4 is 5.32 Å². The number of amides is 2. The van der Waals surface area contributed by atoms with Crippen LogP contribution in [0.1, 0.15) is 31.6 Å². The van der Waals surface area contributed by atoms with Gasteiger partial charge in [0.25, 0.3) is 5.91 Å². The van der Waals surface area contributed by atoms with Gasteiger partial charge in [-0.05, 0) is 31.4 Å². The molecule has 1 aliphatic heterocycles. The van der Waals surface area contributed by atoms with E-state index < -0.39 is 5.97 Å². The predicted octanol–water partition coefficient (Wildman–Crippen LogP) is 2.14. The number of methoxy groups -OCH3 is 1. The molecule has 2 aromatic heterocycles. The summed E-state index contributed by atoms with van der Waals surface area (Å²) < 4.78 is 10.2. The second-order valence-electron chi connectivity index (χ2n) is 6.60. The summed E-state index contributed by atoms with van der Waals surface area (Å²) in [5.41, 5.74) is 1.05. The average Bonchev–Trinajstić information content (AvgIpc) is 3.26. The molecule has 0 aliphatic carbocycles. The number of aryl methyl sites for hydroxylation is 2. The maximum atomic E-state index is 12.6. The molecular weight excluding hydrogens is 382 g/mol. The van der Waals surface area contributed by atoms with Crippen molar-refractivity contribution in [2.75, 3.05) is 45.2 Å². The lowest BCUT2D eigenvalue weighted by molar-refractivity contribution is -0.117. The van der Waals surface area contributed by atoms with Crippen molar-refractivity contribution in [3.63, 3.8) is 0 Å². The Morgan fingerprint density at radius 2 is 1.93 bits per heavy atom. The van der Waals surface area contributed by atoms with Crippen LogP contribution in [0.2, 0.25) is 0 Å². The van der Waals surface area contributed by atoms with Gasteiger partial charge in [0.2, 0.25) is 5.91 Å². The molecule has 28 heavy (non-hydrogen) atoms. The molecule has 3 rings (SSSR count). The number of carbonyl (C=O) groups excluding carboxylic acids is 3. The number of ether oxygens (including phenoxy) is 1. The highest BCUT2D eigenvalue weighted by atomic mass is 32.1. The molecule has 0 spiro atoms. The fraction of sp³-hybridized carbons (Fsp3) is 0.421. The fourth-order valence-electron chi connectivity index (χ4n) is 3.17. The molecule has 0 unspecified atom stereocenters. The van der Waals surface area contributed by atoms with Crippen LogP contribution in [0.3, 0.4) is 0 Å². The van der Waals surface area contributed by atoms with E-state index in [1.54, 1.807) is 29.3 Å². The first-order valence-corrected chi connectivity index (χ1v) is 9.81. The Hall–Kier alpha value is -2.65. The van der Waals surface area contributed by atoms with Crippen LogP contribution >= 0.6 is 11.3 Å². The van der Waals surface area contributed by atoms with E-state index in [-0.39, 0.29) is 18.4 Å². The third-order valence-electron chi connectivity index (χ3n) is 4.61. The van der Waals surface area contributed by atoms with Crippen molar-refractivity contribution in [1.29, 1.82) is 0 Å². The summed E-state index contributed by atoms with van der Waals surface area (Å²) in [4.78, 5) is 40.8. The quantitative estimate of drug-likeness (QED) is 0.767. The van der Waals surface area contributed by atoms with Gasteiger partial charge < -0.3 is 19.4 Å². The van der Waals surface area contributed by atoms with Crippen molar-refractivity contribution in [1.82, 2.24) is 9.80 Å². The Labute approximate surface area is 167 Å². The van der Waals surface area contributed by atoms with Crippen molar-refractivity contribution in [3.8, 4) is 0 Å². The number of hydrogen-bond donors (Lipinski definition) is 1. The number of thiophene rings is 1. The molecule has 8 nitrogen and oxygen atoms in total. The predicted molar refractivity (Wildman–Crippen MR) is 105 cm³/mol. The van der Waals surface area contributed by atoms with Gasteiger partial charge in [-0.1, -0.05) is 0 Å². The molecule has 3 heterocycles. The lowest BCUT2D eigenvalue weighted by atomic mass is 10.2. The number of carbonyl (C=O) groups is 3. The highest BCUT2D eigenvalue weighted by Crippen LogP contribution is 2.23. The van der Waals surface area contributed by atoms with E-state index in [1.807, 2.05) is 11.8 Å². The number of nitrogens with zero attached hydrogens (tertiary/aromatic N) is 2. The van der Waals surface area contributed by atoms with Gasteiger partial charge in [-0.3, -0.25) is 14.5 Å². The number of furan rings is 1. The van der Waals surface area contributed by atoms with Gasteiger partial charge >= 0.3 is 5.97 Å². The summed E-state index contributed by atoms with van der Waals surface area (Å²) >= 11 is 1.22. The first kappa shape index (κ1) is 20.1. The smallest absolute Gasteiger partial charge is 0.350 e. The third-order valence-corrected chi connectivity index (χ3v) is 5.50. The molecule has 0 atom stereocenters. The van der Waals surface area contributed by atoms with Crippen LogP contribution in [-0.4, -0.2) is 67.4 Å². The molecule has 0 radical (unpaired) electrons. The lowest BCUT2D eigenvalue weighted by Crippen LogP contribution is -2.50. The van der Waals surface area contributed by atoms with Gasteiger partial charge in [-0.2, -0.15) is 0 Å². The van der Waals surface area contributed by atoms with E-state index in [0.29, 0.717) is 48.1 Å². The van der Waals surface area contributed by atoms with E-state index >= 15 is 0 Å². The Morgan fingerprint density at radius 1 is 1.21 bits per heavy atom. The summed E-state index contributed by atoms with van der Waals surface area (Å²) in [6.07, 6.45) is 0. The largest absolute Gasteiger partial charge is 0.466 e. The van der Waals surface area contributed by atoms with Crippen molar-refractivity contribution < 1.29 is 23.5 Å². The minimum atomic E-state index is -0.470. The first-order chi connectivity index (χ1) is 13.4. The summed E-state index contributed by atoms with van der Waals surface area (Å²) in [6.45, 7) is 6.09. The van der Waals surface area contributed by atoms with Crippen LogP contribution in [0.5, 0.6) is 0 Å². The Bertz CT molecular complexity index is 880. The van der Waals surface area contributed by atoms with Crippen LogP contribution in [-0.2, 0) is 9.53 Å². The first-order valence-electron chi connectivity index (χ1n) is 8.93. The van der Waals surface area contributed by atoms with Crippen molar-refractivity contribution in [2.45, 2.75) is 13.8 Å². The zero-order chi connectivity index (χ0) is 20.3. The number of nitrogens with one attached hydrogen (secondary N) is 1. The van der Waals surface area contributed by atoms with E-state index in [0.717, 1.165) is 5.76 Å². The van der Waals surface area contributed by atoms with Crippen molar-refractivity contribution in [2.24, 2.45) is 0 Å². The number of hydrogen-bond acceptors (Lipinski definition) is 7. The second-order valence-corrected chi connectivity index (χ2v) is 7.51. The SMILES string of the molecule is COC(=O)c1sccc1NC(=O)CN1CCN(C(=O)c2cc(C)oc2C)CC1. The Morgan fingerprint density at radius 3 is 2.54 bits per heavy atom. The number of esters is 1. The molecule has 1 fully saturated rings. The molecule has 1 N–H and O–H groups in total. The van der Waals surface area contributed by atoms with Crippen LogP contribution in [0.25, 0.3) is 0 Å². The Balaban J connectivity index is 1.51. The van der Waals surface area contributed by atoms with E-state index in [1.165, 1.54) is 18.4 Å². The Kier molecular flexibility index (Phi) is 6.15. The number of anilines is 1. The zero-order valence-corrected chi connectivity index (χ0v) is 16.9. The molecule has 0 saturated carbocycles. The van der Waals surface area contributed by atoms with E-state index in [4.69, 9.17) is 9.15 Å². The lowest BCUT2D eigenvalue weighted by Gasteiger charge is -2.34. The minimum Gasteiger partial charge on any atom is -0.466 e. The molecule has 1 aliphatic rings. The molecule has 1 saturated heterocycles. The summed E-state index contributed by atoms with van der Waals surface area (Å²) in [6, 6.07) is 3.44. The minimum absolute atomic E-state index is 0.0422. The zero-order valence-electron chi connectivity index (χ0n) is 16.1. The van der Waals surface area contributed by atoms with Gasteiger partial charge in [0.1, 0.15) is 16.4 Å². The monoisotopic (exact) mass is 405 g/mol. The highest BCUT2D eigenvalue weighted by molar-refractivity contribution is 7.12. The summed E-state index contributed by atoms with van der Waals surface area (Å²) in [7, 11) is 1.31. The van der Waals surface area contributed by atoms with Gasteiger partial charge in [-0.15, -0.1) is 11.3 Å². The van der Waals surface area contributed by atoms with E-state index in [9.17, 15) is 14.4 Å². The van der Waals surface area contributed by atoms with Gasteiger partial charge in [-0.25, -0.2) is 4.79 Å². The topological polar surface area (TPSA) is 92.1 Å². The number of piperazine rings is 1. The van der Waals surface area contributed by atoms with E-state index in [2.05, 4.69) is 5.32 Å². The molecular formula is C19H23N3O5S. The molecule has 9 heteroatoms. The van der Waals surface area contributed by atoms with Gasteiger partial charge in [0.15, 0.2) is 0 Å². The summed E-state index contributed by atoms with van der Waals surface area (Å²) in [5.74, 6) is 0.628. The van der Waals surface area contributed by atoms with Gasteiger partial charge in [0.05, 0.1) is 24.9 Å². The van der Waals surface area contributed by atoms with Crippen LogP contribution in [0.4, 0.5) is 5.69 Å². The molecule has 0 bridgehead atoms. The maximum absolute atomic E-state index is 12.6. The third kappa shape index (κ3) is 4.42. The molecule has 150 valence electrons. The fourth-order valence-corrected chi connectivity index (χ4v) is 3.94. The van der Waals surface area contributed by atoms with Crippen molar-refractivity contribution >= 4 is 34.8 Å². The van der Waals surface area contributed by atoms with Crippen LogP contribution in [0.15, 0.2) is 21.9 Å². The molecule has 0 aromatic carbocycles. The molecule has 2 amide bonds. The maximum Gasteiger partial charge on any atom is 0.350 e. The normalized spacial score (nSPS) is 14.8. The highest BCUT2D eigenvalue weighted by Gasteiger charge is 2.26. The number of rotatable bonds is 5.